The number of nitrogens with one attached hydrogen (secondary N) is 1. The Morgan fingerprint density at radius 3 is 2.36 bits per heavy atom. The molecule has 1 aliphatic heterocycles. The fourth-order valence-corrected chi connectivity index (χ4v) is 3.88. The van der Waals surface area contributed by atoms with Gasteiger partial charge in [-0.15, -0.1) is 0 Å². The van der Waals surface area contributed by atoms with E-state index in [4.69, 9.17) is 4.74 Å². The minimum atomic E-state index is 0.198. The van der Waals surface area contributed by atoms with Crippen molar-refractivity contribution in [2.45, 2.75) is 6.04 Å². The molecule has 0 amide bonds. The summed E-state index contributed by atoms with van der Waals surface area (Å²) in [5, 5.41) is 6.07. The van der Waals surface area contributed by atoms with Crippen LogP contribution in [0.3, 0.4) is 0 Å². The normalized spacial score (nSPS) is 16.7. The molecule has 3 aromatic rings. The molecule has 4 rings (SSSR count). The SMILES string of the molecule is COc1ccccc1C(c1cccc2ccccc12)N1CCNCC1. The lowest BCUT2D eigenvalue weighted by atomic mass is 9.91. The maximum atomic E-state index is 5.71. The van der Waals surface area contributed by atoms with Crippen molar-refractivity contribution in [3.8, 4) is 5.75 Å². The van der Waals surface area contributed by atoms with Gasteiger partial charge in [0.15, 0.2) is 0 Å². The molecular weight excluding hydrogens is 308 g/mol. The van der Waals surface area contributed by atoms with Gasteiger partial charge >= 0.3 is 0 Å². The molecule has 3 heteroatoms. The van der Waals surface area contributed by atoms with Crippen molar-refractivity contribution >= 4 is 10.8 Å². The van der Waals surface area contributed by atoms with Gasteiger partial charge in [0.25, 0.3) is 0 Å². The van der Waals surface area contributed by atoms with Crippen molar-refractivity contribution < 1.29 is 4.74 Å². The van der Waals surface area contributed by atoms with Crippen LogP contribution in [0.15, 0.2) is 66.7 Å². The van der Waals surface area contributed by atoms with Crippen molar-refractivity contribution in [3.05, 3.63) is 77.9 Å². The third-order valence-electron chi connectivity index (χ3n) is 5.07. The first kappa shape index (κ1) is 16.1. The van der Waals surface area contributed by atoms with E-state index in [1.807, 2.05) is 6.07 Å². The van der Waals surface area contributed by atoms with E-state index in [1.165, 1.54) is 21.9 Å². The molecule has 1 fully saturated rings. The number of nitrogens with zero attached hydrogens (tertiary/aromatic N) is 1. The van der Waals surface area contributed by atoms with E-state index in [1.54, 1.807) is 7.11 Å². The van der Waals surface area contributed by atoms with E-state index < -0.39 is 0 Å². The second-order valence-corrected chi connectivity index (χ2v) is 6.50. The quantitative estimate of drug-likeness (QED) is 0.785. The molecule has 0 bridgehead atoms. The van der Waals surface area contributed by atoms with Crippen LogP contribution in [0, 0.1) is 0 Å². The molecule has 25 heavy (non-hydrogen) atoms. The van der Waals surface area contributed by atoms with Crippen molar-refractivity contribution in [3.63, 3.8) is 0 Å². The predicted octanol–water partition coefficient (Wildman–Crippen LogP) is 3.84. The number of hydrogen-bond donors (Lipinski definition) is 1. The average Bonchev–Trinajstić information content (AvgIpc) is 2.70. The van der Waals surface area contributed by atoms with Gasteiger partial charge in [-0.2, -0.15) is 0 Å². The van der Waals surface area contributed by atoms with Crippen LogP contribution in [0.1, 0.15) is 17.2 Å². The maximum absolute atomic E-state index is 5.71. The van der Waals surface area contributed by atoms with Crippen LogP contribution >= 0.6 is 0 Å². The molecule has 1 unspecified atom stereocenters. The van der Waals surface area contributed by atoms with Gasteiger partial charge in [-0.3, -0.25) is 4.90 Å². The summed E-state index contributed by atoms with van der Waals surface area (Å²) in [4.78, 5) is 2.57. The van der Waals surface area contributed by atoms with E-state index in [2.05, 4.69) is 70.9 Å². The van der Waals surface area contributed by atoms with Crippen LogP contribution in [0.2, 0.25) is 0 Å². The molecule has 3 aromatic carbocycles. The fourth-order valence-electron chi connectivity index (χ4n) is 3.88. The Kier molecular flexibility index (Phi) is 4.68. The first-order chi connectivity index (χ1) is 12.4. The van der Waals surface area contributed by atoms with E-state index in [9.17, 15) is 0 Å². The molecule has 0 spiro atoms. The van der Waals surface area contributed by atoms with Gasteiger partial charge in [0.1, 0.15) is 5.75 Å². The highest BCUT2D eigenvalue weighted by molar-refractivity contribution is 5.86. The standard InChI is InChI=1S/C22H24N2O/c1-25-21-12-5-4-10-20(21)22(24-15-13-23-14-16-24)19-11-6-8-17-7-2-3-9-18(17)19/h2-12,22-23H,13-16H2,1H3. The lowest BCUT2D eigenvalue weighted by Gasteiger charge is -2.36. The van der Waals surface area contributed by atoms with Crippen molar-refractivity contribution in [1.82, 2.24) is 10.2 Å². The molecule has 0 saturated carbocycles. The minimum absolute atomic E-state index is 0.198. The van der Waals surface area contributed by atoms with E-state index in [0.29, 0.717) is 0 Å². The maximum Gasteiger partial charge on any atom is 0.123 e. The molecule has 3 nitrogen and oxygen atoms in total. The van der Waals surface area contributed by atoms with Gasteiger partial charge in [0, 0.05) is 31.7 Å². The number of fused-ring (bicyclic) bond motifs is 1. The van der Waals surface area contributed by atoms with Gasteiger partial charge < -0.3 is 10.1 Å². The number of hydrogen-bond acceptors (Lipinski definition) is 3. The van der Waals surface area contributed by atoms with Crippen LogP contribution in [-0.2, 0) is 0 Å². The molecule has 1 saturated heterocycles. The van der Waals surface area contributed by atoms with Gasteiger partial charge in [0.05, 0.1) is 13.2 Å². The summed E-state index contributed by atoms with van der Waals surface area (Å²) in [6, 6.07) is 23.9. The Morgan fingerprint density at radius 1 is 0.840 bits per heavy atom. The van der Waals surface area contributed by atoms with E-state index in [0.717, 1.165) is 31.9 Å². The smallest absolute Gasteiger partial charge is 0.123 e. The van der Waals surface area contributed by atoms with Crippen molar-refractivity contribution in [2.24, 2.45) is 0 Å². The number of ether oxygens (including phenoxy) is 1. The summed E-state index contributed by atoms with van der Waals surface area (Å²) in [5.41, 5.74) is 2.59. The molecular formula is C22H24N2O. The monoisotopic (exact) mass is 332 g/mol. The Balaban J connectivity index is 1.90. The van der Waals surface area contributed by atoms with Crippen LogP contribution in [0.25, 0.3) is 10.8 Å². The highest BCUT2D eigenvalue weighted by atomic mass is 16.5. The molecule has 1 aliphatic rings. The zero-order valence-corrected chi connectivity index (χ0v) is 14.6. The molecule has 1 atom stereocenters. The van der Waals surface area contributed by atoms with Crippen molar-refractivity contribution in [2.75, 3.05) is 33.3 Å². The summed E-state index contributed by atoms with van der Waals surface area (Å²) < 4.78 is 5.71. The first-order valence-electron chi connectivity index (χ1n) is 8.94. The topological polar surface area (TPSA) is 24.5 Å². The van der Waals surface area contributed by atoms with Gasteiger partial charge in [-0.1, -0.05) is 60.7 Å². The number of para-hydroxylation sites is 1. The lowest BCUT2D eigenvalue weighted by molar-refractivity contribution is 0.196. The zero-order chi connectivity index (χ0) is 17.1. The molecule has 0 radical (unpaired) electrons. The van der Waals surface area contributed by atoms with Crippen LogP contribution in [-0.4, -0.2) is 38.2 Å². The number of rotatable bonds is 4. The second-order valence-electron chi connectivity index (χ2n) is 6.50. The Labute approximate surface area is 149 Å². The van der Waals surface area contributed by atoms with Gasteiger partial charge in [-0.05, 0) is 22.4 Å². The van der Waals surface area contributed by atoms with Crippen molar-refractivity contribution in [1.29, 1.82) is 0 Å². The Bertz CT molecular complexity index is 850. The summed E-state index contributed by atoms with van der Waals surface area (Å²) in [6.07, 6.45) is 0. The largest absolute Gasteiger partial charge is 0.496 e. The van der Waals surface area contributed by atoms with E-state index >= 15 is 0 Å². The fraction of sp³-hybridized carbons (Fsp3) is 0.273. The first-order valence-corrected chi connectivity index (χ1v) is 8.94. The predicted molar refractivity (Wildman–Crippen MR) is 103 cm³/mol. The number of benzene rings is 3. The summed E-state index contributed by atoms with van der Waals surface area (Å²) in [7, 11) is 1.76. The molecule has 128 valence electrons. The van der Waals surface area contributed by atoms with Crippen LogP contribution in [0.5, 0.6) is 5.75 Å². The summed E-state index contributed by atoms with van der Waals surface area (Å²) >= 11 is 0. The Morgan fingerprint density at radius 2 is 1.52 bits per heavy atom. The highest BCUT2D eigenvalue weighted by Gasteiger charge is 2.27. The summed E-state index contributed by atoms with van der Waals surface area (Å²) in [5.74, 6) is 0.957. The molecule has 0 aliphatic carbocycles. The lowest BCUT2D eigenvalue weighted by Crippen LogP contribution is -2.45. The van der Waals surface area contributed by atoms with Gasteiger partial charge in [-0.25, -0.2) is 0 Å². The third kappa shape index (κ3) is 3.13. The number of methoxy groups -OCH3 is 1. The minimum Gasteiger partial charge on any atom is -0.496 e. The van der Waals surface area contributed by atoms with Crippen LogP contribution < -0.4 is 10.1 Å². The summed E-state index contributed by atoms with van der Waals surface area (Å²) in [6.45, 7) is 4.12. The van der Waals surface area contributed by atoms with Crippen LogP contribution in [0.4, 0.5) is 0 Å². The second kappa shape index (κ2) is 7.26. The number of piperazine rings is 1. The van der Waals surface area contributed by atoms with Gasteiger partial charge in [0.2, 0.25) is 0 Å². The zero-order valence-electron chi connectivity index (χ0n) is 14.6. The van der Waals surface area contributed by atoms with E-state index in [-0.39, 0.29) is 6.04 Å². The average molecular weight is 332 g/mol. The molecule has 1 heterocycles. The molecule has 0 aromatic heterocycles. The third-order valence-corrected chi connectivity index (χ3v) is 5.07. The Hall–Kier alpha value is -2.36. The highest BCUT2D eigenvalue weighted by Crippen LogP contribution is 2.37. The molecule has 1 N–H and O–H groups in total.